The molecule has 0 aromatic rings. The molecule has 20 heavy (non-hydrogen) atoms. The summed E-state index contributed by atoms with van der Waals surface area (Å²) in [7, 11) is 0. The molecule has 3 N–H and O–H groups in total. The third-order valence-electron chi connectivity index (χ3n) is 2.94. The molecule has 0 aromatic carbocycles. The summed E-state index contributed by atoms with van der Waals surface area (Å²) < 4.78 is 5.21. The molecule has 0 aromatic heterocycles. The van der Waals surface area contributed by atoms with Gasteiger partial charge in [-0.1, -0.05) is 20.8 Å². The molecule has 5 heteroatoms. The van der Waals surface area contributed by atoms with E-state index >= 15 is 0 Å². The minimum Gasteiger partial charge on any atom is -0.444 e. The van der Waals surface area contributed by atoms with E-state index < -0.39 is 5.60 Å². The average molecular weight is 287 g/mol. The van der Waals surface area contributed by atoms with Crippen molar-refractivity contribution in [3.63, 3.8) is 0 Å². The van der Waals surface area contributed by atoms with E-state index in [0.29, 0.717) is 25.0 Å². The number of hydrogen-bond donors (Lipinski definition) is 2. The third-order valence-corrected chi connectivity index (χ3v) is 2.94. The maximum atomic E-state index is 11.6. The number of likely N-dealkylation sites (N-methyl/N-ethyl adjacent to an activating group) is 1. The molecule has 0 saturated carbocycles. The van der Waals surface area contributed by atoms with Crippen LogP contribution >= 0.6 is 0 Å². The van der Waals surface area contributed by atoms with E-state index in [0.717, 1.165) is 19.5 Å². The van der Waals surface area contributed by atoms with Gasteiger partial charge < -0.3 is 15.8 Å². The van der Waals surface area contributed by atoms with Crippen molar-refractivity contribution < 1.29 is 9.53 Å². The second kappa shape index (κ2) is 9.19. The molecule has 0 fully saturated rings. The highest BCUT2D eigenvalue weighted by molar-refractivity contribution is 5.67. The van der Waals surface area contributed by atoms with Crippen molar-refractivity contribution in [1.29, 1.82) is 0 Å². The number of nitrogens with one attached hydrogen (secondary N) is 1. The first kappa shape index (κ1) is 19.2. The number of nitrogens with two attached hydrogens (primary N) is 1. The van der Waals surface area contributed by atoms with Gasteiger partial charge >= 0.3 is 6.09 Å². The van der Waals surface area contributed by atoms with Gasteiger partial charge in [-0.15, -0.1) is 0 Å². The smallest absolute Gasteiger partial charge is 0.407 e. The highest BCUT2D eigenvalue weighted by atomic mass is 16.6. The van der Waals surface area contributed by atoms with Crippen molar-refractivity contribution >= 4 is 6.09 Å². The molecule has 0 bridgehead atoms. The van der Waals surface area contributed by atoms with Gasteiger partial charge in [0, 0.05) is 25.7 Å². The van der Waals surface area contributed by atoms with E-state index in [-0.39, 0.29) is 6.09 Å². The predicted octanol–water partition coefficient (Wildman–Crippen LogP) is 2.21. The van der Waals surface area contributed by atoms with Crippen LogP contribution in [-0.4, -0.2) is 48.8 Å². The molecular formula is C15H33N3O2. The molecule has 0 aliphatic carbocycles. The summed E-state index contributed by atoms with van der Waals surface area (Å²) in [5, 5.41) is 2.79. The van der Waals surface area contributed by atoms with Gasteiger partial charge in [0.25, 0.3) is 0 Å². The van der Waals surface area contributed by atoms with Crippen LogP contribution in [0.3, 0.4) is 0 Å². The highest BCUT2D eigenvalue weighted by Crippen LogP contribution is 2.08. The van der Waals surface area contributed by atoms with Gasteiger partial charge in [-0.05, 0) is 39.7 Å². The summed E-state index contributed by atoms with van der Waals surface area (Å²) in [6.45, 7) is 15.3. The zero-order valence-electron chi connectivity index (χ0n) is 14.0. The molecular weight excluding hydrogens is 254 g/mol. The fourth-order valence-corrected chi connectivity index (χ4v) is 2.11. The monoisotopic (exact) mass is 287 g/mol. The van der Waals surface area contributed by atoms with Crippen LogP contribution in [0.25, 0.3) is 0 Å². The maximum absolute atomic E-state index is 11.6. The van der Waals surface area contributed by atoms with Gasteiger partial charge in [0.15, 0.2) is 0 Å². The lowest BCUT2D eigenvalue weighted by atomic mass is 10.1. The number of amides is 1. The Morgan fingerprint density at radius 3 is 2.35 bits per heavy atom. The number of alkyl carbamates (subject to hydrolysis) is 1. The van der Waals surface area contributed by atoms with Gasteiger partial charge in [-0.2, -0.15) is 0 Å². The number of carbonyl (C=O) groups is 1. The van der Waals surface area contributed by atoms with Crippen molar-refractivity contribution in [2.24, 2.45) is 11.7 Å². The van der Waals surface area contributed by atoms with Gasteiger partial charge in [-0.25, -0.2) is 4.79 Å². The van der Waals surface area contributed by atoms with Crippen molar-refractivity contribution in [3.05, 3.63) is 0 Å². The standard InChI is InChI=1S/C15H33N3O2/c1-7-18(11-12(2)3)13(10-16)8-9-17-14(19)20-15(4,5)6/h12-13H,7-11,16H2,1-6H3,(H,17,19). The Labute approximate surface area is 124 Å². The molecule has 0 heterocycles. The Morgan fingerprint density at radius 2 is 1.95 bits per heavy atom. The van der Waals surface area contributed by atoms with E-state index in [1.165, 1.54) is 0 Å². The quantitative estimate of drug-likeness (QED) is 0.718. The van der Waals surface area contributed by atoms with Gasteiger partial charge in [0.05, 0.1) is 0 Å². The number of nitrogens with zero attached hydrogens (tertiary/aromatic N) is 1. The maximum Gasteiger partial charge on any atom is 0.407 e. The zero-order chi connectivity index (χ0) is 15.8. The molecule has 120 valence electrons. The van der Waals surface area contributed by atoms with E-state index in [2.05, 4.69) is 31.0 Å². The van der Waals surface area contributed by atoms with E-state index in [1.54, 1.807) is 0 Å². The van der Waals surface area contributed by atoms with Gasteiger partial charge in [0.2, 0.25) is 0 Å². The van der Waals surface area contributed by atoms with E-state index in [4.69, 9.17) is 10.5 Å². The van der Waals surface area contributed by atoms with Crippen molar-refractivity contribution in [2.45, 2.75) is 59.6 Å². The fraction of sp³-hybridized carbons (Fsp3) is 0.933. The van der Waals surface area contributed by atoms with Crippen LogP contribution in [0.5, 0.6) is 0 Å². The first-order chi connectivity index (χ1) is 9.19. The molecule has 0 spiro atoms. The average Bonchev–Trinajstić information content (AvgIpc) is 2.29. The molecule has 1 unspecified atom stereocenters. The Hall–Kier alpha value is -0.810. The third kappa shape index (κ3) is 9.15. The zero-order valence-corrected chi connectivity index (χ0v) is 14.0. The molecule has 0 aliphatic rings. The number of rotatable bonds is 8. The minimum absolute atomic E-state index is 0.303. The first-order valence-corrected chi connectivity index (χ1v) is 7.60. The summed E-state index contributed by atoms with van der Waals surface area (Å²) in [6, 6.07) is 0.303. The largest absolute Gasteiger partial charge is 0.444 e. The van der Waals surface area contributed by atoms with Crippen LogP contribution in [-0.2, 0) is 4.74 Å². The molecule has 0 radical (unpaired) electrons. The first-order valence-electron chi connectivity index (χ1n) is 7.60. The van der Waals surface area contributed by atoms with E-state index in [1.807, 2.05) is 20.8 Å². The van der Waals surface area contributed by atoms with Crippen molar-refractivity contribution in [2.75, 3.05) is 26.2 Å². The second-order valence-electron chi connectivity index (χ2n) is 6.59. The minimum atomic E-state index is -0.454. The Kier molecular flexibility index (Phi) is 8.81. The summed E-state index contributed by atoms with van der Waals surface area (Å²) in [4.78, 5) is 13.9. The SMILES string of the molecule is CCN(CC(C)C)C(CN)CCNC(=O)OC(C)(C)C. The van der Waals surface area contributed by atoms with Gasteiger partial charge in [0.1, 0.15) is 5.60 Å². The number of carbonyl (C=O) groups excluding carboxylic acids is 1. The van der Waals surface area contributed by atoms with Crippen LogP contribution in [0.4, 0.5) is 4.79 Å². The lowest BCUT2D eigenvalue weighted by Gasteiger charge is -2.31. The second-order valence-corrected chi connectivity index (χ2v) is 6.59. The summed E-state index contributed by atoms with van der Waals surface area (Å²) >= 11 is 0. The Morgan fingerprint density at radius 1 is 1.35 bits per heavy atom. The lowest BCUT2D eigenvalue weighted by Crippen LogP contribution is -2.44. The van der Waals surface area contributed by atoms with Gasteiger partial charge in [-0.3, -0.25) is 4.90 Å². The van der Waals surface area contributed by atoms with Crippen LogP contribution in [0, 0.1) is 5.92 Å². The fourth-order valence-electron chi connectivity index (χ4n) is 2.11. The summed E-state index contributed by atoms with van der Waals surface area (Å²) in [5.74, 6) is 0.614. The Bertz CT molecular complexity index is 275. The molecule has 0 saturated heterocycles. The van der Waals surface area contributed by atoms with Crippen LogP contribution < -0.4 is 11.1 Å². The highest BCUT2D eigenvalue weighted by Gasteiger charge is 2.18. The Balaban J connectivity index is 4.15. The normalized spacial score (nSPS) is 13.7. The topological polar surface area (TPSA) is 67.6 Å². The predicted molar refractivity (Wildman–Crippen MR) is 83.8 cm³/mol. The lowest BCUT2D eigenvalue weighted by molar-refractivity contribution is 0.0521. The molecule has 1 amide bonds. The number of ether oxygens (including phenoxy) is 1. The van der Waals surface area contributed by atoms with E-state index in [9.17, 15) is 4.79 Å². The van der Waals surface area contributed by atoms with Crippen LogP contribution in [0.1, 0.15) is 48.0 Å². The molecule has 5 nitrogen and oxygen atoms in total. The van der Waals surface area contributed by atoms with Crippen molar-refractivity contribution in [3.8, 4) is 0 Å². The molecule has 1 atom stereocenters. The van der Waals surface area contributed by atoms with Crippen LogP contribution in [0.15, 0.2) is 0 Å². The summed E-state index contributed by atoms with van der Waals surface area (Å²) in [5.41, 5.74) is 5.40. The molecule has 0 aliphatic heterocycles. The van der Waals surface area contributed by atoms with Crippen LogP contribution in [0.2, 0.25) is 0 Å². The summed E-state index contributed by atoms with van der Waals surface area (Å²) in [6.07, 6.45) is 0.483. The number of hydrogen-bond acceptors (Lipinski definition) is 4. The molecule has 0 rings (SSSR count). The van der Waals surface area contributed by atoms with Crippen molar-refractivity contribution in [1.82, 2.24) is 10.2 Å².